The fraction of sp³-hybridized carbons (Fsp3) is 0.0769. The first kappa shape index (κ1) is 12.3. The van der Waals surface area contributed by atoms with Crippen LogP contribution in [0.3, 0.4) is 0 Å². The average molecular weight is 259 g/mol. The van der Waals surface area contributed by atoms with Crippen LogP contribution in [-0.2, 0) is 0 Å². The highest BCUT2D eigenvalue weighted by molar-refractivity contribution is 7.12. The molecular weight excluding hydrogens is 246 g/mol. The van der Waals surface area contributed by atoms with Gasteiger partial charge in [-0.25, -0.2) is 0 Å². The van der Waals surface area contributed by atoms with Crippen molar-refractivity contribution in [1.29, 1.82) is 0 Å². The molecule has 0 aliphatic rings. The van der Waals surface area contributed by atoms with E-state index in [1.165, 1.54) is 11.3 Å². The Hall–Kier alpha value is -2.14. The van der Waals surface area contributed by atoms with Crippen LogP contribution < -0.4 is 10.6 Å². The smallest absolute Gasteiger partial charge is 0.260 e. The predicted octanol–water partition coefficient (Wildman–Crippen LogP) is 2.95. The second kappa shape index (κ2) is 5.01. The second-order valence-electron chi connectivity index (χ2n) is 3.71. The largest absolute Gasteiger partial charge is 0.365 e. The van der Waals surface area contributed by atoms with Crippen molar-refractivity contribution < 1.29 is 4.79 Å². The third-order valence-electron chi connectivity index (χ3n) is 2.64. The number of nitrogens with two attached hydrogens (primary N) is 1. The molecule has 2 rings (SSSR count). The number of thiophene rings is 1. The van der Waals surface area contributed by atoms with Crippen molar-refractivity contribution in [2.45, 2.75) is 0 Å². The minimum Gasteiger partial charge on any atom is -0.365 e. The van der Waals surface area contributed by atoms with E-state index in [9.17, 15) is 4.79 Å². The van der Waals surface area contributed by atoms with Gasteiger partial charge >= 0.3 is 0 Å². The first-order valence-corrected chi connectivity index (χ1v) is 6.20. The number of para-hydroxylation sites is 2. The van der Waals surface area contributed by atoms with Gasteiger partial charge in [0, 0.05) is 7.05 Å². The lowest BCUT2D eigenvalue weighted by Gasteiger charge is -2.20. The highest BCUT2D eigenvalue weighted by Crippen LogP contribution is 2.35. The van der Waals surface area contributed by atoms with E-state index < -0.39 is 5.91 Å². The number of benzene rings is 1. The van der Waals surface area contributed by atoms with Gasteiger partial charge in [0.25, 0.3) is 5.91 Å². The van der Waals surface area contributed by atoms with E-state index in [4.69, 9.17) is 5.73 Å². The topological polar surface area (TPSA) is 58.7 Å². The molecule has 0 atom stereocenters. The van der Waals surface area contributed by atoms with Gasteiger partial charge in [-0.05, 0) is 30.3 Å². The van der Waals surface area contributed by atoms with E-state index in [1.807, 2.05) is 47.7 Å². The molecule has 0 spiro atoms. The van der Waals surface area contributed by atoms with Crippen molar-refractivity contribution in [2.75, 3.05) is 11.9 Å². The fourth-order valence-corrected chi connectivity index (χ4v) is 2.54. The highest BCUT2D eigenvalue weighted by Gasteiger charge is 2.16. The number of nitrogens with zero attached hydrogens (tertiary/aromatic N) is 2. The SMILES string of the molecule is C=Nc1ccccc1N(C)c1ccsc1C(N)=O. The fourth-order valence-electron chi connectivity index (χ4n) is 1.76. The zero-order chi connectivity index (χ0) is 13.1. The number of rotatable bonds is 4. The van der Waals surface area contributed by atoms with E-state index in [0.717, 1.165) is 17.1 Å². The molecule has 0 unspecified atom stereocenters. The summed E-state index contributed by atoms with van der Waals surface area (Å²) in [5, 5.41) is 1.84. The molecular formula is C13H13N3OS. The molecule has 1 heterocycles. The van der Waals surface area contributed by atoms with E-state index >= 15 is 0 Å². The molecule has 0 aliphatic heterocycles. The lowest BCUT2D eigenvalue weighted by atomic mass is 10.2. The molecule has 0 saturated carbocycles. The minimum atomic E-state index is -0.420. The molecule has 5 heteroatoms. The summed E-state index contributed by atoms with van der Waals surface area (Å²) in [5.74, 6) is -0.420. The van der Waals surface area contributed by atoms with E-state index in [0.29, 0.717) is 4.88 Å². The number of carbonyl (C=O) groups excluding carboxylic acids is 1. The zero-order valence-corrected chi connectivity index (χ0v) is 10.8. The normalized spacial score (nSPS) is 10.1. The molecule has 4 nitrogen and oxygen atoms in total. The van der Waals surface area contributed by atoms with Crippen LogP contribution in [-0.4, -0.2) is 19.7 Å². The minimum absolute atomic E-state index is 0.420. The van der Waals surface area contributed by atoms with Crippen LogP contribution in [0, 0.1) is 0 Å². The Morgan fingerprint density at radius 1 is 1.33 bits per heavy atom. The zero-order valence-electron chi connectivity index (χ0n) is 9.96. The number of aliphatic imine (C=N–C) groups is 1. The van der Waals surface area contributed by atoms with Gasteiger partial charge in [-0.2, -0.15) is 0 Å². The quantitative estimate of drug-likeness (QED) is 0.858. The van der Waals surface area contributed by atoms with Crippen molar-refractivity contribution in [3.05, 3.63) is 40.6 Å². The summed E-state index contributed by atoms with van der Waals surface area (Å²) in [4.78, 5) is 17.7. The number of hydrogen-bond donors (Lipinski definition) is 1. The summed E-state index contributed by atoms with van der Waals surface area (Å²) in [5.41, 5.74) is 7.78. The third-order valence-corrected chi connectivity index (χ3v) is 3.56. The molecule has 2 N–H and O–H groups in total. The summed E-state index contributed by atoms with van der Waals surface area (Å²) >= 11 is 1.33. The number of carbonyl (C=O) groups is 1. The Labute approximate surface area is 109 Å². The molecule has 92 valence electrons. The molecule has 2 aromatic rings. The highest BCUT2D eigenvalue weighted by atomic mass is 32.1. The van der Waals surface area contributed by atoms with Crippen molar-refractivity contribution >= 4 is 41.0 Å². The molecule has 0 saturated heterocycles. The van der Waals surface area contributed by atoms with Gasteiger partial charge in [0.05, 0.1) is 17.1 Å². The number of anilines is 2. The maximum absolute atomic E-state index is 11.3. The van der Waals surface area contributed by atoms with Crippen molar-refractivity contribution in [2.24, 2.45) is 10.7 Å². The van der Waals surface area contributed by atoms with Gasteiger partial charge in [-0.15, -0.1) is 11.3 Å². The molecule has 0 bridgehead atoms. The van der Waals surface area contributed by atoms with Crippen molar-refractivity contribution in [3.8, 4) is 0 Å². The lowest BCUT2D eigenvalue weighted by molar-refractivity contribution is 0.100. The van der Waals surface area contributed by atoms with Crippen LogP contribution in [0.2, 0.25) is 0 Å². The summed E-state index contributed by atoms with van der Waals surface area (Å²) < 4.78 is 0. The van der Waals surface area contributed by atoms with Crippen LogP contribution in [0.25, 0.3) is 0 Å². The van der Waals surface area contributed by atoms with E-state index in [-0.39, 0.29) is 0 Å². The standard InChI is InChI=1S/C13H13N3OS/c1-15-9-5-3-4-6-10(9)16(2)11-7-8-18-12(11)13(14)17/h3-8H,1H2,2H3,(H2,14,17). The molecule has 18 heavy (non-hydrogen) atoms. The van der Waals surface area contributed by atoms with Crippen LogP contribution in [0.1, 0.15) is 9.67 Å². The van der Waals surface area contributed by atoms with Crippen LogP contribution >= 0.6 is 11.3 Å². The number of primary amides is 1. The summed E-state index contributed by atoms with van der Waals surface area (Å²) in [7, 11) is 1.87. The first-order valence-electron chi connectivity index (χ1n) is 5.32. The molecule has 1 amide bonds. The average Bonchev–Trinajstić information content (AvgIpc) is 2.87. The van der Waals surface area contributed by atoms with Crippen LogP contribution in [0.5, 0.6) is 0 Å². The Morgan fingerprint density at radius 3 is 2.72 bits per heavy atom. The Kier molecular flexibility index (Phi) is 3.43. The van der Waals surface area contributed by atoms with Crippen LogP contribution in [0.4, 0.5) is 17.1 Å². The number of amides is 1. The first-order chi connectivity index (χ1) is 8.65. The van der Waals surface area contributed by atoms with Crippen molar-refractivity contribution in [1.82, 2.24) is 0 Å². The van der Waals surface area contributed by atoms with Crippen molar-refractivity contribution in [3.63, 3.8) is 0 Å². The monoisotopic (exact) mass is 259 g/mol. The molecule has 0 radical (unpaired) electrons. The Balaban J connectivity index is 2.48. The van der Waals surface area contributed by atoms with Gasteiger partial charge in [-0.3, -0.25) is 9.79 Å². The van der Waals surface area contributed by atoms with Gasteiger partial charge in [0.2, 0.25) is 0 Å². The third kappa shape index (κ3) is 2.12. The van der Waals surface area contributed by atoms with Gasteiger partial charge < -0.3 is 10.6 Å². The predicted molar refractivity (Wildman–Crippen MR) is 76.6 cm³/mol. The van der Waals surface area contributed by atoms with Gasteiger partial charge in [-0.1, -0.05) is 12.1 Å². The summed E-state index contributed by atoms with van der Waals surface area (Å²) in [6.07, 6.45) is 0. The Bertz CT molecular complexity index is 591. The molecule has 0 fully saturated rings. The summed E-state index contributed by atoms with van der Waals surface area (Å²) in [6.45, 7) is 3.55. The van der Waals surface area contributed by atoms with Gasteiger partial charge in [0.1, 0.15) is 4.88 Å². The molecule has 0 aliphatic carbocycles. The summed E-state index contributed by atoms with van der Waals surface area (Å²) in [6, 6.07) is 9.47. The second-order valence-corrected chi connectivity index (χ2v) is 4.62. The lowest BCUT2D eigenvalue weighted by Crippen LogP contribution is -2.16. The number of hydrogen-bond acceptors (Lipinski definition) is 4. The molecule has 1 aromatic heterocycles. The maximum atomic E-state index is 11.3. The Morgan fingerprint density at radius 2 is 2.06 bits per heavy atom. The van der Waals surface area contributed by atoms with Crippen LogP contribution in [0.15, 0.2) is 40.7 Å². The van der Waals surface area contributed by atoms with Gasteiger partial charge in [0.15, 0.2) is 0 Å². The van der Waals surface area contributed by atoms with E-state index in [1.54, 1.807) is 0 Å². The van der Waals surface area contributed by atoms with E-state index in [2.05, 4.69) is 11.7 Å². The molecule has 1 aromatic carbocycles. The maximum Gasteiger partial charge on any atom is 0.260 e.